The lowest BCUT2D eigenvalue weighted by Gasteiger charge is -2.27. The van der Waals surface area contributed by atoms with Gasteiger partial charge in [-0.2, -0.15) is 0 Å². The van der Waals surface area contributed by atoms with Gasteiger partial charge in [-0.3, -0.25) is 4.79 Å². The maximum absolute atomic E-state index is 12.2. The van der Waals surface area contributed by atoms with E-state index >= 15 is 0 Å². The maximum Gasteiger partial charge on any atom is 0.221 e. The Hall–Kier alpha value is -2.58. The highest BCUT2D eigenvalue weighted by molar-refractivity contribution is 6.04. The molecule has 1 aromatic carbocycles. The van der Waals surface area contributed by atoms with Crippen LogP contribution in [0.4, 0.5) is 17.2 Å². The van der Waals surface area contributed by atoms with Gasteiger partial charge in [-0.1, -0.05) is 31.5 Å². The molecule has 4 rings (SSSR count). The number of amides is 1. The number of carbonyl (C=O) groups is 1. The van der Waals surface area contributed by atoms with Crippen LogP contribution in [0, 0.1) is 0 Å². The lowest BCUT2D eigenvalue weighted by molar-refractivity contribution is -0.121. The fourth-order valence-electron chi connectivity index (χ4n) is 4.86. The van der Waals surface area contributed by atoms with Gasteiger partial charge in [0.15, 0.2) is 0 Å². The Balaban J connectivity index is 1.30. The summed E-state index contributed by atoms with van der Waals surface area (Å²) in [5, 5.41) is 11.2. The van der Waals surface area contributed by atoms with E-state index in [1.54, 1.807) is 0 Å². The summed E-state index contributed by atoms with van der Waals surface area (Å²) >= 11 is 0. The number of nitrogens with zero attached hydrogens (tertiary/aromatic N) is 3. The molecule has 1 saturated heterocycles. The number of para-hydroxylation sites is 1. The van der Waals surface area contributed by atoms with Gasteiger partial charge in [0, 0.05) is 57.6 Å². The number of carbonyl (C=O) groups excluding carboxylic acids is 1. The molecule has 8 nitrogen and oxygen atoms in total. The number of nitrogens with one attached hydrogen (secondary N) is 3. The quantitative estimate of drug-likeness (QED) is 0.388. The number of hydrogen-bond acceptors (Lipinski definition) is 7. The molecule has 0 radical (unpaired) electrons. The average molecular weight is 454 g/mol. The fourth-order valence-corrected chi connectivity index (χ4v) is 4.86. The van der Waals surface area contributed by atoms with Crippen LogP contribution in [0.15, 0.2) is 24.3 Å². The van der Waals surface area contributed by atoms with Gasteiger partial charge in [0.25, 0.3) is 0 Å². The highest BCUT2D eigenvalue weighted by Gasteiger charge is 2.31. The highest BCUT2D eigenvalue weighted by Crippen LogP contribution is 2.44. The standard InChI is InChI=1S/C25H39N7O/c1-2-3-10-21-30-23-24(19-8-4-5-9-20(19)29-25(23)26)32(21)15-7-6-12-28-22(33)11-16-31-17-13-27-14-18-31/h4-5,8-9,21,27,30H,2-3,6-7,10-18H2,1H3,(H2,26,29)(H,28,33). The zero-order valence-corrected chi connectivity index (χ0v) is 19.9. The Morgan fingerprint density at radius 2 is 2.00 bits per heavy atom. The number of nitrogen functional groups attached to an aromatic ring is 1. The second kappa shape index (κ2) is 11.5. The number of pyridine rings is 1. The van der Waals surface area contributed by atoms with E-state index in [1.807, 2.05) is 12.1 Å². The molecule has 1 aromatic heterocycles. The number of rotatable bonds is 11. The summed E-state index contributed by atoms with van der Waals surface area (Å²) in [4.78, 5) is 21.7. The lowest BCUT2D eigenvalue weighted by atomic mass is 10.1. The van der Waals surface area contributed by atoms with E-state index in [-0.39, 0.29) is 12.1 Å². The molecule has 1 fully saturated rings. The Bertz CT molecular complexity index is 928. The monoisotopic (exact) mass is 453 g/mol. The van der Waals surface area contributed by atoms with Crippen LogP contribution in [0.3, 0.4) is 0 Å². The molecule has 1 amide bonds. The number of fused-ring (bicyclic) bond motifs is 3. The smallest absolute Gasteiger partial charge is 0.221 e. The molecule has 2 aromatic rings. The summed E-state index contributed by atoms with van der Waals surface area (Å²) in [6.45, 7) is 8.84. The first kappa shape index (κ1) is 23.6. The average Bonchev–Trinajstić information content (AvgIpc) is 3.21. The van der Waals surface area contributed by atoms with Crippen molar-refractivity contribution in [1.82, 2.24) is 20.5 Å². The number of piperazine rings is 1. The Labute approximate surface area is 197 Å². The minimum Gasteiger partial charge on any atom is -0.382 e. The first-order valence-corrected chi connectivity index (χ1v) is 12.6. The number of anilines is 3. The van der Waals surface area contributed by atoms with E-state index in [4.69, 9.17) is 5.73 Å². The van der Waals surface area contributed by atoms with E-state index in [9.17, 15) is 4.79 Å². The van der Waals surface area contributed by atoms with Gasteiger partial charge in [0.2, 0.25) is 5.91 Å². The number of unbranched alkanes of at least 4 members (excludes halogenated alkanes) is 2. The lowest BCUT2D eigenvalue weighted by Crippen LogP contribution is -2.44. The van der Waals surface area contributed by atoms with Crippen LogP contribution >= 0.6 is 0 Å². The van der Waals surface area contributed by atoms with Crippen molar-refractivity contribution in [2.24, 2.45) is 0 Å². The summed E-state index contributed by atoms with van der Waals surface area (Å²) in [5.74, 6) is 0.733. The zero-order valence-electron chi connectivity index (χ0n) is 19.9. The van der Waals surface area contributed by atoms with E-state index in [0.717, 1.165) is 94.5 Å². The minimum atomic E-state index is 0.160. The normalized spacial score (nSPS) is 18.3. The van der Waals surface area contributed by atoms with Gasteiger partial charge in [0.1, 0.15) is 11.5 Å². The summed E-state index contributed by atoms with van der Waals surface area (Å²) in [5.41, 5.74) is 9.42. The summed E-state index contributed by atoms with van der Waals surface area (Å²) < 4.78 is 0. The molecule has 0 bridgehead atoms. The van der Waals surface area contributed by atoms with Gasteiger partial charge in [-0.25, -0.2) is 4.98 Å². The van der Waals surface area contributed by atoms with Crippen molar-refractivity contribution in [2.75, 3.05) is 61.8 Å². The van der Waals surface area contributed by atoms with Crippen LogP contribution in [0.2, 0.25) is 0 Å². The van der Waals surface area contributed by atoms with Gasteiger partial charge >= 0.3 is 0 Å². The third kappa shape index (κ3) is 5.86. The molecule has 5 N–H and O–H groups in total. The van der Waals surface area contributed by atoms with Crippen molar-refractivity contribution >= 4 is 34.0 Å². The third-order valence-corrected chi connectivity index (χ3v) is 6.71. The number of aromatic nitrogens is 1. The first-order chi connectivity index (χ1) is 16.2. The van der Waals surface area contributed by atoms with Crippen molar-refractivity contribution in [3.05, 3.63) is 24.3 Å². The van der Waals surface area contributed by atoms with Crippen molar-refractivity contribution < 1.29 is 4.79 Å². The molecule has 0 aliphatic carbocycles. The zero-order chi connectivity index (χ0) is 23.0. The molecule has 3 heterocycles. The summed E-state index contributed by atoms with van der Waals surface area (Å²) in [7, 11) is 0. The molecule has 33 heavy (non-hydrogen) atoms. The Kier molecular flexibility index (Phi) is 8.23. The first-order valence-electron chi connectivity index (χ1n) is 12.6. The molecule has 1 atom stereocenters. The van der Waals surface area contributed by atoms with E-state index < -0.39 is 0 Å². The number of benzene rings is 1. The maximum atomic E-state index is 12.2. The van der Waals surface area contributed by atoms with Gasteiger partial charge in [0.05, 0.1) is 17.4 Å². The topological polar surface area (TPSA) is 98.5 Å². The molecule has 2 aliphatic rings. The summed E-state index contributed by atoms with van der Waals surface area (Å²) in [6, 6.07) is 8.23. The molecular formula is C25H39N7O. The highest BCUT2D eigenvalue weighted by atomic mass is 16.1. The third-order valence-electron chi connectivity index (χ3n) is 6.71. The summed E-state index contributed by atoms with van der Waals surface area (Å²) in [6.07, 6.45) is 6.20. The molecule has 180 valence electrons. The van der Waals surface area contributed by atoms with Gasteiger partial charge in [-0.15, -0.1) is 0 Å². The van der Waals surface area contributed by atoms with Crippen molar-refractivity contribution in [1.29, 1.82) is 0 Å². The molecule has 0 saturated carbocycles. The van der Waals surface area contributed by atoms with Crippen LogP contribution in [0.25, 0.3) is 10.9 Å². The molecule has 0 spiro atoms. The van der Waals surface area contributed by atoms with E-state index in [1.165, 1.54) is 5.69 Å². The fraction of sp³-hybridized carbons (Fsp3) is 0.600. The van der Waals surface area contributed by atoms with Gasteiger partial charge in [-0.05, 0) is 31.7 Å². The van der Waals surface area contributed by atoms with Crippen LogP contribution in [0.1, 0.15) is 45.4 Å². The van der Waals surface area contributed by atoms with Crippen LogP contribution in [-0.2, 0) is 4.79 Å². The van der Waals surface area contributed by atoms with Crippen LogP contribution in [0.5, 0.6) is 0 Å². The van der Waals surface area contributed by atoms with Crippen molar-refractivity contribution in [3.8, 4) is 0 Å². The minimum absolute atomic E-state index is 0.160. The van der Waals surface area contributed by atoms with E-state index in [2.05, 4.69) is 49.8 Å². The molecular weight excluding hydrogens is 414 g/mol. The number of hydrogen-bond donors (Lipinski definition) is 4. The Morgan fingerprint density at radius 1 is 1.18 bits per heavy atom. The molecule has 2 aliphatic heterocycles. The van der Waals surface area contributed by atoms with Crippen LogP contribution in [-0.4, -0.2) is 67.8 Å². The van der Waals surface area contributed by atoms with Crippen molar-refractivity contribution in [3.63, 3.8) is 0 Å². The molecule has 8 heteroatoms. The molecule has 1 unspecified atom stereocenters. The predicted octanol–water partition coefficient (Wildman–Crippen LogP) is 2.76. The second-order valence-corrected chi connectivity index (χ2v) is 9.13. The Morgan fingerprint density at radius 3 is 2.82 bits per heavy atom. The largest absolute Gasteiger partial charge is 0.382 e. The van der Waals surface area contributed by atoms with Crippen LogP contribution < -0.4 is 26.6 Å². The van der Waals surface area contributed by atoms with E-state index in [0.29, 0.717) is 12.2 Å². The number of nitrogens with two attached hydrogens (primary N) is 1. The SMILES string of the molecule is CCCCC1Nc2c(N)nc3ccccc3c2N1CCCCNC(=O)CCN1CCNCC1. The van der Waals surface area contributed by atoms with Gasteiger partial charge < -0.3 is 31.5 Å². The predicted molar refractivity (Wildman–Crippen MR) is 137 cm³/mol. The van der Waals surface area contributed by atoms with Crippen molar-refractivity contribution in [2.45, 2.75) is 51.6 Å². The second-order valence-electron chi connectivity index (χ2n) is 9.13.